The largest absolute Gasteiger partial charge is 0.480 e. The molecule has 1 aromatic rings. The van der Waals surface area contributed by atoms with Gasteiger partial charge in [0.25, 0.3) is 0 Å². The first-order valence-electron chi connectivity index (χ1n) is 5.75. The van der Waals surface area contributed by atoms with Crippen LogP contribution in [0.3, 0.4) is 0 Å². The molecule has 1 atom stereocenters. The number of carboxylic acids is 1. The lowest BCUT2D eigenvalue weighted by Crippen LogP contribution is -2.46. The number of aliphatic carboxylic acids is 1. The minimum Gasteiger partial charge on any atom is -0.480 e. The van der Waals surface area contributed by atoms with Crippen LogP contribution in [0.1, 0.15) is 18.1 Å². The van der Waals surface area contributed by atoms with E-state index in [1.54, 1.807) is 0 Å². The van der Waals surface area contributed by atoms with Crippen molar-refractivity contribution in [2.45, 2.75) is 26.4 Å². The van der Waals surface area contributed by atoms with Gasteiger partial charge in [-0.3, -0.25) is 4.79 Å². The van der Waals surface area contributed by atoms with Crippen molar-refractivity contribution in [2.75, 3.05) is 6.54 Å². The van der Waals surface area contributed by atoms with Crippen LogP contribution in [-0.4, -0.2) is 29.6 Å². The molecule has 1 rings (SSSR count). The van der Waals surface area contributed by atoms with Crippen molar-refractivity contribution in [1.82, 2.24) is 10.6 Å². The fraction of sp³-hybridized carbons (Fsp3) is 0.385. The van der Waals surface area contributed by atoms with E-state index in [1.165, 1.54) is 12.5 Å². The van der Waals surface area contributed by atoms with Gasteiger partial charge >= 0.3 is 5.97 Å². The Bertz CT molecular complexity index is 415. The maximum absolute atomic E-state index is 10.9. The molecule has 0 spiro atoms. The fourth-order valence-corrected chi connectivity index (χ4v) is 1.51. The Labute approximate surface area is 106 Å². The average Bonchev–Trinajstić information content (AvgIpc) is 2.29. The average molecular weight is 250 g/mol. The summed E-state index contributed by atoms with van der Waals surface area (Å²) in [5.74, 6) is -1.39. The summed E-state index contributed by atoms with van der Waals surface area (Å²) in [6, 6.07) is 7.07. The molecule has 1 unspecified atom stereocenters. The van der Waals surface area contributed by atoms with Crippen LogP contribution in [0.5, 0.6) is 0 Å². The second-order valence-corrected chi connectivity index (χ2v) is 4.21. The van der Waals surface area contributed by atoms with Gasteiger partial charge in [0, 0.05) is 20.0 Å². The Kier molecular flexibility index (Phi) is 5.32. The summed E-state index contributed by atoms with van der Waals surface area (Å²) in [5, 5.41) is 14.3. The Balaban J connectivity index is 2.41. The van der Waals surface area contributed by atoms with Crippen LogP contribution >= 0.6 is 0 Å². The van der Waals surface area contributed by atoms with Crippen LogP contribution < -0.4 is 10.6 Å². The van der Waals surface area contributed by atoms with Crippen LogP contribution in [-0.2, 0) is 16.1 Å². The first kappa shape index (κ1) is 14.2. The molecule has 0 saturated carbocycles. The van der Waals surface area contributed by atoms with E-state index >= 15 is 0 Å². The maximum atomic E-state index is 10.9. The van der Waals surface area contributed by atoms with Gasteiger partial charge in [0.15, 0.2) is 0 Å². The second kappa shape index (κ2) is 6.76. The van der Waals surface area contributed by atoms with Crippen molar-refractivity contribution in [2.24, 2.45) is 0 Å². The molecule has 0 aliphatic carbocycles. The normalized spacial score (nSPS) is 11.9. The highest BCUT2D eigenvalue weighted by Crippen LogP contribution is 2.02. The minimum absolute atomic E-state index is 0.197. The van der Waals surface area contributed by atoms with E-state index in [0.29, 0.717) is 6.54 Å². The number of amides is 1. The lowest BCUT2D eigenvalue weighted by molar-refractivity contribution is -0.141. The summed E-state index contributed by atoms with van der Waals surface area (Å²) in [6.07, 6.45) is 0. The van der Waals surface area contributed by atoms with Crippen LogP contribution in [0, 0.1) is 6.92 Å². The molecule has 0 bridgehead atoms. The summed E-state index contributed by atoms with van der Waals surface area (Å²) < 4.78 is 0. The van der Waals surface area contributed by atoms with Gasteiger partial charge in [-0.15, -0.1) is 0 Å². The summed E-state index contributed by atoms with van der Waals surface area (Å²) in [6.45, 7) is 4.08. The van der Waals surface area contributed by atoms with Crippen molar-refractivity contribution < 1.29 is 14.7 Å². The SMILES string of the molecule is CC(=O)NC(CNCc1ccc(C)cc1)C(=O)O. The number of hydrogen-bond donors (Lipinski definition) is 3. The first-order valence-corrected chi connectivity index (χ1v) is 5.75. The van der Waals surface area contributed by atoms with E-state index in [2.05, 4.69) is 10.6 Å². The zero-order valence-corrected chi connectivity index (χ0v) is 10.6. The second-order valence-electron chi connectivity index (χ2n) is 4.21. The number of rotatable bonds is 6. The van der Waals surface area contributed by atoms with E-state index in [4.69, 9.17) is 5.11 Å². The third-order valence-electron chi connectivity index (χ3n) is 2.47. The summed E-state index contributed by atoms with van der Waals surface area (Å²) in [4.78, 5) is 21.7. The smallest absolute Gasteiger partial charge is 0.327 e. The van der Waals surface area contributed by atoms with Gasteiger partial charge in [-0.05, 0) is 12.5 Å². The van der Waals surface area contributed by atoms with Crippen molar-refractivity contribution in [3.05, 3.63) is 35.4 Å². The molecule has 1 aromatic carbocycles. The van der Waals surface area contributed by atoms with Crippen LogP contribution in [0.2, 0.25) is 0 Å². The predicted molar refractivity (Wildman–Crippen MR) is 68.1 cm³/mol. The van der Waals surface area contributed by atoms with E-state index in [9.17, 15) is 9.59 Å². The predicted octanol–water partition coefficient (Wildman–Crippen LogP) is 0.674. The fourth-order valence-electron chi connectivity index (χ4n) is 1.51. The molecule has 0 aliphatic rings. The lowest BCUT2D eigenvalue weighted by atomic mass is 10.1. The van der Waals surface area contributed by atoms with Crippen molar-refractivity contribution in [3.63, 3.8) is 0 Å². The maximum Gasteiger partial charge on any atom is 0.327 e. The minimum atomic E-state index is -1.04. The number of carboxylic acid groups (broad SMARTS) is 1. The molecule has 5 heteroatoms. The van der Waals surface area contributed by atoms with Crippen molar-refractivity contribution in [3.8, 4) is 0 Å². The molecule has 1 amide bonds. The van der Waals surface area contributed by atoms with Crippen molar-refractivity contribution >= 4 is 11.9 Å². The number of benzene rings is 1. The van der Waals surface area contributed by atoms with Gasteiger partial charge in [-0.2, -0.15) is 0 Å². The third kappa shape index (κ3) is 4.97. The number of carbonyl (C=O) groups excluding carboxylic acids is 1. The van der Waals surface area contributed by atoms with Gasteiger partial charge < -0.3 is 15.7 Å². The molecule has 0 aliphatic heterocycles. The zero-order valence-electron chi connectivity index (χ0n) is 10.6. The van der Waals surface area contributed by atoms with Crippen LogP contribution in [0.25, 0.3) is 0 Å². The summed E-state index contributed by atoms with van der Waals surface area (Å²) in [5.41, 5.74) is 2.26. The number of nitrogens with one attached hydrogen (secondary N) is 2. The molecule has 5 nitrogen and oxygen atoms in total. The molecule has 0 radical (unpaired) electrons. The van der Waals surface area contributed by atoms with Gasteiger partial charge in [0.2, 0.25) is 5.91 Å². The highest BCUT2D eigenvalue weighted by atomic mass is 16.4. The Morgan fingerprint density at radius 3 is 2.39 bits per heavy atom. The Morgan fingerprint density at radius 1 is 1.28 bits per heavy atom. The molecule has 3 N–H and O–H groups in total. The molecule has 0 aromatic heterocycles. The van der Waals surface area contributed by atoms with Crippen LogP contribution in [0.15, 0.2) is 24.3 Å². The molecule has 0 fully saturated rings. The van der Waals surface area contributed by atoms with E-state index in [-0.39, 0.29) is 12.5 Å². The van der Waals surface area contributed by atoms with E-state index in [0.717, 1.165) is 5.56 Å². The van der Waals surface area contributed by atoms with Gasteiger partial charge in [0.1, 0.15) is 6.04 Å². The standard InChI is InChI=1S/C13H18N2O3/c1-9-3-5-11(6-4-9)7-14-8-12(13(17)18)15-10(2)16/h3-6,12,14H,7-8H2,1-2H3,(H,15,16)(H,17,18). The Morgan fingerprint density at radius 2 is 1.89 bits per heavy atom. The summed E-state index contributed by atoms with van der Waals surface area (Å²) >= 11 is 0. The Hall–Kier alpha value is -1.88. The molecule has 0 heterocycles. The number of carbonyl (C=O) groups is 2. The highest BCUT2D eigenvalue weighted by Gasteiger charge is 2.17. The number of aryl methyl sites for hydroxylation is 1. The molecule has 98 valence electrons. The molecular weight excluding hydrogens is 232 g/mol. The third-order valence-corrected chi connectivity index (χ3v) is 2.47. The van der Waals surface area contributed by atoms with E-state index in [1.807, 2.05) is 31.2 Å². The zero-order chi connectivity index (χ0) is 13.5. The molecular formula is C13H18N2O3. The highest BCUT2D eigenvalue weighted by molar-refractivity contribution is 5.82. The van der Waals surface area contributed by atoms with E-state index < -0.39 is 12.0 Å². The molecule has 0 saturated heterocycles. The first-order chi connectivity index (χ1) is 8.49. The lowest BCUT2D eigenvalue weighted by Gasteiger charge is -2.14. The topological polar surface area (TPSA) is 78.4 Å². The quantitative estimate of drug-likeness (QED) is 0.693. The monoisotopic (exact) mass is 250 g/mol. The van der Waals surface area contributed by atoms with Gasteiger partial charge in [-0.1, -0.05) is 29.8 Å². The van der Waals surface area contributed by atoms with Crippen LogP contribution in [0.4, 0.5) is 0 Å². The molecule has 18 heavy (non-hydrogen) atoms. The number of hydrogen-bond acceptors (Lipinski definition) is 3. The van der Waals surface area contributed by atoms with Crippen molar-refractivity contribution in [1.29, 1.82) is 0 Å². The van der Waals surface area contributed by atoms with Gasteiger partial charge in [0.05, 0.1) is 0 Å². The summed E-state index contributed by atoms with van der Waals surface area (Å²) in [7, 11) is 0. The van der Waals surface area contributed by atoms with Gasteiger partial charge in [-0.25, -0.2) is 4.79 Å².